The van der Waals surface area contributed by atoms with Crippen LogP contribution < -0.4 is 10.0 Å². The average molecular weight is 395 g/mol. The molecule has 1 rings (SSSR count). The molecule has 4 nitrogen and oxygen atoms in total. The Bertz CT molecular complexity index is 577. The molecular formula is C14H23BrN2O2S2. The van der Waals surface area contributed by atoms with Gasteiger partial charge in [-0.3, -0.25) is 0 Å². The maximum atomic E-state index is 12.6. The highest BCUT2D eigenvalue weighted by Crippen LogP contribution is 2.26. The number of hydrogen-bond donors (Lipinski definition) is 2. The Hall–Kier alpha value is -0.0800. The summed E-state index contributed by atoms with van der Waals surface area (Å²) in [5.74, 6) is 1.75. The van der Waals surface area contributed by atoms with Crippen LogP contribution in [-0.2, 0) is 16.6 Å². The molecule has 0 spiro atoms. The zero-order chi connectivity index (χ0) is 16.0. The van der Waals surface area contributed by atoms with Gasteiger partial charge < -0.3 is 5.32 Å². The van der Waals surface area contributed by atoms with Crippen LogP contribution in [0.25, 0.3) is 0 Å². The van der Waals surface area contributed by atoms with Crippen molar-refractivity contribution in [3.8, 4) is 0 Å². The van der Waals surface area contributed by atoms with Gasteiger partial charge in [-0.1, -0.05) is 22.9 Å². The molecular weight excluding hydrogens is 372 g/mol. The molecule has 0 fully saturated rings. The van der Waals surface area contributed by atoms with Gasteiger partial charge in [0.1, 0.15) is 0 Å². The molecule has 0 bridgehead atoms. The Balaban J connectivity index is 3.06. The van der Waals surface area contributed by atoms with Gasteiger partial charge in [-0.25, -0.2) is 13.1 Å². The number of sulfonamides is 1. The summed E-state index contributed by atoms with van der Waals surface area (Å²) in [5.41, 5.74) is 1.67. The van der Waals surface area contributed by atoms with E-state index in [0.717, 1.165) is 27.1 Å². The first kappa shape index (κ1) is 19.0. The van der Waals surface area contributed by atoms with E-state index in [1.807, 2.05) is 27.0 Å². The van der Waals surface area contributed by atoms with Crippen LogP contribution in [0.3, 0.4) is 0 Å². The van der Waals surface area contributed by atoms with E-state index in [0.29, 0.717) is 11.4 Å². The van der Waals surface area contributed by atoms with E-state index in [1.54, 1.807) is 17.8 Å². The summed E-state index contributed by atoms with van der Waals surface area (Å²) >= 11 is 5.17. The molecule has 0 aliphatic heterocycles. The maximum absolute atomic E-state index is 12.6. The molecule has 0 saturated carbocycles. The normalized spacial score (nSPS) is 13.4. The fourth-order valence-corrected chi connectivity index (χ4v) is 4.93. The van der Waals surface area contributed by atoms with E-state index in [-0.39, 0.29) is 6.04 Å². The van der Waals surface area contributed by atoms with Crippen molar-refractivity contribution in [1.29, 1.82) is 0 Å². The molecule has 0 amide bonds. The predicted octanol–water partition coefficient (Wildman–Crippen LogP) is 2.90. The standard InChI is InChI=1S/C14H23BrN2O2S2/c1-5-20-9-10(2)17-21(18,19)14-7-12(8-16-4)6-13(15)11(14)3/h6-7,10,16-17H,5,8-9H2,1-4H3. The van der Waals surface area contributed by atoms with Crippen LogP contribution in [0.2, 0.25) is 0 Å². The molecule has 2 N–H and O–H groups in total. The third-order valence-electron chi connectivity index (χ3n) is 2.96. The van der Waals surface area contributed by atoms with E-state index < -0.39 is 10.0 Å². The molecule has 0 aromatic heterocycles. The molecule has 1 aromatic carbocycles. The summed E-state index contributed by atoms with van der Waals surface area (Å²) in [6.45, 7) is 6.40. The van der Waals surface area contributed by atoms with Gasteiger partial charge in [0.2, 0.25) is 10.0 Å². The highest BCUT2D eigenvalue weighted by molar-refractivity contribution is 9.10. The van der Waals surface area contributed by atoms with Crippen LogP contribution in [0.15, 0.2) is 21.5 Å². The predicted molar refractivity (Wildman–Crippen MR) is 94.4 cm³/mol. The van der Waals surface area contributed by atoms with Crippen LogP contribution in [0, 0.1) is 6.92 Å². The van der Waals surface area contributed by atoms with Crippen molar-refractivity contribution in [2.45, 2.75) is 38.3 Å². The Morgan fingerprint density at radius 2 is 2.05 bits per heavy atom. The molecule has 1 atom stereocenters. The summed E-state index contributed by atoms with van der Waals surface area (Å²) in [6.07, 6.45) is 0. The third kappa shape index (κ3) is 5.56. The molecule has 0 aliphatic rings. The molecule has 0 aliphatic carbocycles. The summed E-state index contributed by atoms with van der Waals surface area (Å²) in [4.78, 5) is 0.343. The van der Waals surface area contributed by atoms with Gasteiger partial charge in [-0.15, -0.1) is 0 Å². The quantitative estimate of drug-likeness (QED) is 0.711. The smallest absolute Gasteiger partial charge is 0.241 e. The minimum Gasteiger partial charge on any atom is -0.316 e. The first-order chi connectivity index (χ1) is 9.81. The van der Waals surface area contributed by atoms with E-state index in [1.165, 1.54) is 0 Å². The van der Waals surface area contributed by atoms with Gasteiger partial charge in [0.05, 0.1) is 4.90 Å². The van der Waals surface area contributed by atoms with E-state index in [4.69, 9.17) is 0 Å². The summed E-state index contributed by atoms with van der Waals surface area (Å²) in [6, 6.07) is 3.59. The van der Waals surface area contributed by atoms with Gasteiger partial charge in [-0.2, -0.15) is 11.8 Å². The Morgan fingerprint density at radius 1 is 1.38 bits per heavy atom. The van der Waals surface area contributed by atoms with Crippen molar-refractivity contribution in [2.24, 2.45) is 0 Å². The van der Waals surface area contributed by atoms with Crippen molar-refractivity contribution in [3.63, 3.8) is 0 Å². The van der Waals surface area contributed by atoms with Crippen molar-refractivity contribution < 1.29 is 8.42 Å². The highest BCUT2D eigenvalue weighted by Gasteiger charge is 2.21. The fourth-order valence-electron chi connectivity index (χ4n) is 1.95. The summed E-state index contributed by atoms with van der Waals surface area (Å²) in [5, 5.41) is 3.04. The fraction of sp³-hybridized carbons (Fsp3) is 0.571. The van der Waals surface area contributed by atoms with Gasteiger partial charge in [-0.05, 0) is 49.9 Å². The number of benzene rings is 1. The third-order valence-corrected chi connectivity index (χ3v) is 6.64. The van der Waals surface area contributed by atoms with Crippen molar-refractivity contribution >= 4 is 37.7 Å². The maximum Gasteiger partial charge on any atom is 0.241 e. The Morgan fingerprint density at radius 3 is 2.62 bits per heavy atom. The Labute approximate surface area is 140 Å². The van der Waals surface area contributed by atoms with Crippen molar-refractivity contribution in [3.05, 3.63) is 27.7 Å². The van der Waals surface area contributed by atoms with E-state index in [9.17, 15) is 8.42 Å². The first-order valence-corrected chi connectivity index (χ1v) is 10.3. The molecule has 1 unspecified atom stereocenters. The number of nitrogens with one attached hydrogen (secondary N) is 2. The molecule has 0 radical (unpaired) electrons. The lowest BCUT2D eigenvalue weighted by atomic mass is 10.1. The lowest BCUT2D eigenvalue weighted by Gasteiger charge is -2.16. The number of halogens is 1. The van der Waals surface area contributed by atoms with Crippen molar-refractivity contribution in [1.82, 2.24) is 10.0 Å². The molecule has 0 saturated heterocycles. The van der Waals surface area contributed by atoms with Crippen LogP contribution in [0.1, 0.15) is 25.0 Å². The zero-order valence-electron chi connectivity index (χ0n) is 12.9. The zero-order valence-corrected chi connectivity index (χ0v) is 16.1. The molecule has 7 heteroatoms. The number of thioether (sulfide) groups is 1. The largest absolute Gasteiger partial charge is 0.316 e. The molecule has 1 aromatic rings. The van der Waals surface area contributed by atoms with Crippen LogP contribution >= 0.6 is 27.7 Å². The Kier molecular flexibility index (Phi) is 7.70. The van der Waals surface area contributed by atoms with Gasteiger partial charge >= 0.3 is 0 Å². The molecule has 0 heterocycles. The lowest BCUT2D eigenvalue weighted by Crippen LogP contribution is -2.34. The van der Waals surface area contributed by atoms with E-state index >= 15 is 0 Å². The van der Waals surface area contributed by atoms with Gasteiger partial charge in [0.25, 0.3) is 0 Å². The van der Waals surface area contributed by atoms with Crippen LogP contribution in [0.4, 0.5) is 0 Å². The van der Waals surface area contributed by atoms with Crippen LogP contribution in [0.5, 0.6) is 0 Å². The van der Waals surface area contributed by atoms with Gasteiger partial charge in [0.15, 0.2) is 0 Å². The highest BCUT2D eigenvalue weighted by atomic mass is 79.9. The molecule has 21 heavy (non-hydrogen) atoms. The second-order valence-electron chi connectivity index (χ2n) is 4.91. The minimum atomic E-state index is -3.51. The SMILES string of the molecule is CCSCC(C)NS(=O)(=O)c1cc(CNC)cc(Br)c1C. The minimum absolute atomic E-state index is 0.0916. The topological polar surface area (TPSA) is 58.2 Å². The number of hydrogen-bond acceptors (Lipinski definition) is 4. The van der Waals surface area contributed by atoms with Gasteiger partial charge in [0, 0.05) is 22.8 Å². The lowest BCUT2D eigenvalue weighted by molar-refractivity contribution is 0.570. The average Bonchev–Trinajstić information content (AvgIpc) is 2.40. The van der Waals surface area contributed by atoms with Crippen LogP contribution in [-0.4, -0.2) is 33.0 Å². The monoisotopic (exact) mass is 394 g/mol. The summed E-state index contributed by atoms with van der Waals surface area (Å²) < 4.78 is 28.7. The second-order valence-corrected chi connectivity index (χ2v) is 8.77. The molecule has 120 valence electrons. The van der Waals surface area contributed by atoms with Crippen molar-refractivity contribution in [2.75, 3.05) is 18.6 Å². The summed E-state index contributed by atoms with van der Waals surface area (Å²) in [7, 11) is -1.67. The second kappa shape index (κ2) is 8.53. The van der Waals surface area contributed by atoms with E-state index in [2.05, 4.69) is 32.9 Å². The number of rotatable bonds is 8. The first-order valence-electron chi connectivity index (χ1n) is 6.85.